The predicted octanol–water partition coefficient (Wildman–Crippen LogP) is 6.48. The van der Waals surface area contributed by atoms with E-state index < -0.39 is 5.97 Å². The molecule has 0 aliphatic carbocycles. The summed E-state index contributed by atoms with van der Waals surface area (Å²) in [7, 11) is 4.53. The van der Waals surface area contributed by atoms with E-state index in [0.29, 0.717) is 41.7 Å². The summed E-state index contributed by atoms with van der Waals surface area (Å²) < 4.78 is 22.3. The number of hydrogen-bond donors (Lipinski definition) is 1. The number of methoxy groups -OCH3 is 3. The summed E-state index contributed by atoms with van der Waals surface area (Å²) in [4.78, 5) is 27.2. The summed E-state index contributed by atoms with van der Waals surface area (Å²) in [6.07, 6.45) is 1.59. The SMILES string of the molecule is COc1ccc(C(=O)N(CCCc2ccccc2)Cc2ccc(Oc3ccccc3C(=O)O)cc2)c(OC)c1OC. The summed E-state index contributed by atoms with van der Waals surface area (Å²) in [5, 5.41) is 9.43. The van der Waals surface area contributed by atoms with Gasteiger partial charge in [-0.05, 0) is 60.4 Å². The number of rotatable bonds is 13. The zero-order chi connectivity index (χ0) is 29.2. The van der Waals surface area contributed by atoms with Crippen LogP contribution in [0.2, 0.25) is 0 Å². The number of amides is 1. The van der Waals surface area contributed by atoms with Crippen molar-refractivity contribution in [3.8, 4) is 28.7 Å². The molecule has 0 aromatic heterocycles. The van der Waals surface area contributed by atoms with Gasteiger partial charge in [-0.3, -0.25) is 4.79 Å². The third-order valence-corrected chi connectivity index (χ3v) is 6.60. The van der Waals surface area contributed by atoms with E-state index in [4.69, 9.17) is 18.9 Å². The van der Waals surface area contributed by atoms with Gasteiger partial charge in [0.05, 0.1) is 26.9 Å². The first-order valence-electron chi connectivity index (χ1n) is 13.2. The van der Waals surface area contributed by atoms with E-state index in [0.717, 1.165) is 18.4 Å². The highest BCUT2D eigenvalue weighted by Crippen LogP contribution is 2.40. The van der Waals surface area contributed by atoms with Crippen LogP contribution in [0, 0.1) is 0 Å². The molecule has 0 aliphatic rings. The first-order valence-corrected chi connectivity index (χ1v) is 13.2. The van der Waals surface area contributed by atoms with Crippen molar-refractivity contribution in [2.24, 2.45) is 0 Å². The van der Waals surface area contributed by atoms with Gasteiger partial charge < -0.3 is 29.0 Å². The fraction of sp³-hybridized carbons (Fsp3) is 0.212. The van der Waals surface area contributed by atoms with Crippen LogP contribution < -0.4 is 18.9 Å². The highest BCUT2D eigenvalue weighted by atomic mass is 16.5. The van der Waals surface area contributed by atoms with Crippen LogP contribution >= 0.6 is 0 Å². The van der Waals surface area contributed by atoms with Crippen molar-refractivity contribution in [1.82, 2.24) is 4.90 Å². The molecule has 0 spiro atoms. The van der Waals surface area contributed by atoms with E-state index >= 15 is 0 Å². The van der Waals surface area contributed by atoms with Crippen molar-refractivity contribution in [3.05, 3.63) is 113 Å². The summed E-state index contributed by atoms with van der Waals surface area (Å²) in [5.74, 6) is 0.617. The van der Waals surface area contributed by atoms with Crippen LogP contribution in [0.5, 0.6) is 28.7 Å². The summed E-state index contributed by atoms with van der Waals surface area (Å²) in [6, 6.07) is 27.2. The largest absolute Gasteiger partial charge is 0.493 e. The minimum atomic E-state index is -1.06. The van der Waals surface area contributed by atoms with Crippen molar-refractivity contribution < 1.29 is 33.6 Å². The number of aromatic carboxylic acids is 1. The number of hydrogen-bond acceptors (Lipinski definition) is 6. The number of carbonyl (C=O) groups excluding carboxylic acids is 1. The van der Waals surface area contributed by atoms with Gasteiger partial charge in [0.1, 0.15) is 17.1 Å². The van der Waals surface area contributed by atoms with Crippen LogP contribution in [-0.2, 0) is 13.0 Å². The Bertz CT molecular complexity index is 1470. The highest BCUT2D eigenvalue weighted by Gasteiger charge is 2.25. The Labute approximate surface area is 239 Å². The van der Waals surface area contributed by atoms with Crippen LogP contribution in [0.4, 0.5) is 0 Å². The molecule has 8 nitrogen and oxygen atoms in total. The fourth-order valence-electron chi connectivity index (χ4n) is 4.55. The van der Waals surface area contributed by atoms with E-state index in [1.165, 1.54) is 33.0 Å². The van der Waals surface area contributed by atoms with Gasteiger partial charge in [-0.1, -0.05) is 54.6 Å². The minimum absolute atomic E-state index is 0.0793. The lowest BCUT2D eigenvalue weighted by Gasteiger charge is -2.25. The lowest BCUT2D eigenvalue weighted by atomic mass is 10.1. The molecule has 4 aromatic carbocycles. The van der Waals surface area contributed by atoms with E-state index in [2.05, 4.69) is 12.1 Å². The van der Waals surface area contributed by atoms with Gasteiger partial charge in [0.2, 0.25) is 5.75 Å². The molecule has 0 radical (unpaired) electrons. The van der Waals surface area contributed by atoms with Gasteiger partial charge in [-0.2, -0.15) is 0 Å². The van der Waals surface area contributed by atoms with Crippen molar-refractivity contribution in [3.63, 3.8) is 0 Å². The first-order chi connectivity index (χ1) is 19.9. The van der Waals surface area contributed by atoms with Crippen LogP contribution in [0.15, 0.2) is 91.0 Å². The zero-order valence-corrected chi connectivity index (χ0v) is 23.3. The Morgan fingerprint density at radius 2 is 1.37 bits per heavy atom. The molecule has 0 heterocycles. The maximum absolute atomic E-state index is 13.9. The molecule has 0 aliphatic heterocycles. The molecule has 1 amide bonds. The maximum atomic E-state index is 13.9. The van der Waals surface area contributed by atoms with E-state index in [1.54, 1.807) is 47.4 Å². The molecule has 0 saturated carbocycles. The molecule has 0 unspecified atom stereocenters. The van der Waals surface area contributed by atoms with Gasteiger partial charge in [-0.15, -0.1) is 0 Å². The second-order valence-corrected chi connectivity index (χ2v) is 9.25. The number of carboxylic acid groups (broad SMARTS) is 1. The molecule has 0 atom stereocenters. The number of carbonyl (C=O) groups is 2. The number of nitrogens with zero attached hydrogens (tertiary/aromatic N) is 1. The third-order valence-electron chi connectivity index (χ3n) is 6.60. The van der Waals surface area contributed by atoms with E-state index in [1.807, 2.05) is 30.3 Å². The number of benzene rings is 4. The minimum Gasteiger partial charge on any atom is -0.493 e. The first kappa shape index (κ1) is 29.0. The molecule has 0 saturated heterocycles. The molecule has 4 rings (SSSR count). The second-order valence-electron chi connectivity index (χ2n) is 9.25. The van der Waals surface area contributed by atoms with Crippen molar-refractivity contribution in [2.75, 3.05) is 27.9 Å². The average molecular weight is 556 g/mol. The molecule has 0 bridgehead atoms. The monoisotopic (exact) mass is 555 g/mol. The van der Waals surface area contributed by atoms with Gasteiger partial charge in [0.25, 0.3) is 5.91 Å². The molecule has 212 valence electrons. The number of ether oxygens (including phenoxy) is 4. The molecule has 1 N–H and O–H groups in total. The number of carboxylic acids is 1. The van der Waals surface area contributed by atoms with Crippen LogP contribution in [0.3, 0.4) is 0 Å². The van der Waals surface area contributed by atoms with Crippen molar-refractivity contribution in [1.29, 1.82) is 0 Å². The van der Waals surface area contributed by atoms with Crippen LogP contribution in [0.1, 0.15) is 38.3 Å². The zero-order valence-electron chi connectivity index (χ0n) is 23.3. The molecule has 8 heteroatoms. The maximum Gasteiger partial charge on any atom is 0.339 e. The second kappa shape index (κ2) is 13.9. The number of para-hydroxylation sites is 1. The Kier molecular flexibility index (Phi) is 9.83. The van der Waals surface area contributed by atoms with Gasteiger partial charge in [-0.25, -0.2) is 4.79 Å². The Hall–Kier alpha value is -4.98. The standard InChI is InChI=1S/C33H33NO7/c1-38-29-20-19-27(30(39-2)31(29)40-3)32(35)34(21-9-12-23-10-5-4-6-11-23)22-24-15-17-25(18-16-24)41-28-14-8-7-13-26(28)33(36)37/h4-8,10-11,13-20H,9,12,21-22H2,1-3H3,(H,36,37). The highest BCUT2D eigenvalue weighted by molar-refractivity contribution is 5.98. The topological polar surface area (TPSA) is 94.5 Å². The fourth-order valence-corrected chi connectivity index (χ4v) is 4.55. The molecule has 4 aromatic rings. The lowest BCUT2D eigenvalue weighted by molar-refractivity contribution is 0.0692. The third kappa shape index (κ3) is 7.16. The van der Waals surface area contributed by atoms with Gasteiger partial charge >= 0.3 is 5.97 Å². The normalized spacial score (nSPS) is 10.5. The summed E-state index contributed by atoms with van der Waals surface area (Å²) >= 11 is 0. The van der Waals surface area contributed by atoms with Crippen LogP contribution in [-0.4, -0.2) is 49.8 Å². The Balaban J connectivity index is 1.57. The van der Waals surface area contributed by atoms with Gasteiger partial charge in [0, 0.05) is 13.1 Å². The summed E-state index contributed by atoms with van der Waals surface area (Å²) in [5.41, 5.74) is 2.54. The molecule has 0 fully saturated rings. The quantitative estimate of drug-likeness (QED) is 0.202. The van der Waals surface area contributed by atoms with Gasteiger partial charge in [0.15, 0.2) is 11.5 Å². The Morgan fingerprint density at radius 1 is 0.683 bits per heavy atom. The lowest BCUT2D eigenvalue weighted by Crippen LogP contribution is -2.32. The van der Waals surface area contributed by atoms with E-state index in [-0.39, 0.29) is 17.2 Å². The van der Waals surface area contributed by atoms with Crippen molar-refractivity contribution in [2.45, 2.75) is 19.4 Å². The molecular weight excluding hydrogens is 522 g/mol. The number of aryl methyl sites for hydroxylation is 1. The molecule has 41 heavy (non-hydrogen) atoms. The predicted molar refractivity (Wildman–Crippen MR) is 156 cm³/mol. The average Bonchev–Trinajstić information content (AvgIpc) is 3.00. The molecular formula is C33H33NO7. The van der Waals surface area contributed by atoms with E-state index in [9.17, 15) is 14.7 Å². The smallest absolute Gasteiger partial charge is 0.339 e. The Morgan fingerprint density at radius 3 is 2.02 bits per heavy atom. The summed E-state index contributed by atoms with van der Waals surface area (Å²) in [6.45, 7) is 0.854. The van der Waals surface area contributed by atoms with Crippen molar-refractivity contribution >= 4 is 11.9 Å². The van der Waals surface area contributed by atoms with Crippen LogP contribution in [0.25, 0.3) is 0 Å².